The van der Waals surface area contributed by atoms with Gasteiger partial charge in [-0.15, -0.1) is 0 Å². The van der Waals surface area contributed by atoms with E-state index < -0.39 is 0 Å². The third kappa shape index (κ3) is 3.98. The predicted octanol–water partition coefficient (Wildman–Crippen LogP) is 4.39. The summed E-state index contributed by atoms with van der Waals surface area (Å²) in [5, 5.41) is 7.64. The highest BCUT2D eigenvalue weighted by atomic mass is 14.9. The second kappa shape index (κ2) is 6.60. The maximum atomic E-state index is 7.64. The smallest absolute Gasteiger partial charge is 0.131 e. The molecule has 0 bridgehead atoms. The molecule has 1 aromatic rings. The van der Waals surface area contributed by atoms with Gasteiger partial charge in [-0.3, -0.25) is 0 Å². The van der Waals surface area contributed by atoms with Gasteiger partial charge in [-0.05, 0) is 17.9 Å². The molecule has 0 aliphatic heterocycles. The fraction of sp³-hybridized carbons (Fsp3) is 0.562. The molecule has 0 aliphatic rings. The van der Waals surface area contributed by atoms with Crippen LogP contribution in [-0.2, 0) is 0 Å². The molecule has 1 rings (SSSR count). The van der Waals surface area contributed by atoms with Crippen LogP contribution in [0.2, 0.25) is 0 Å². The van der Waals surface area contributed by atoms with Crippen LogP contribution in [0, 0.1) is 11.3 Å². The molecule has 0 radical (unpaired) electrons. The Bertz CT molecular complexity index is 471. The zero-order chi connectivity index (χ0) is 14.6. The molecule has 3 nitrogen and oxygen atoms in total. The molecular formula is C16H25N3. The third-order valence-electron chi connectivity index (χ3n) is 2.87. The zero-order valence-corrected chi connectivity index (χ0v) is 12.9. The number of hydrogen-bond acceptors (Lipinski definition) is 3. The highest BCUT2D eigenvalue weighted by Crippen LogP contribution is 2.22. The average molecular weight is 259 g/mol. The Hall–Kier alpha value is -1.51. The molecule has 0 saturated heterocycles. The molecule has 19 heavy (non-hydrogen) atoms. The highest BCUT2D eigenvalue weighted by Gasteiger charge is 2.15. The normalized spacial score (nSPS) is 12.1. The Morgan fingerprint density at radius 1 is 0.947 bits per heavy atom. The lowest BCUT2D eigenvalue weighted by molar-refractivity contribution is 0.725. The van der Waals surface area contributed by atoms with Gasteiger partial charge in [0.05, 0.1) is 11.4 Å². The molecule has 0 atom stereocenters. The fourth-order valence-electron chi connectivity index (χ4n) is 1.78. The minimum absolute atomic E-state index is 0.295. The lowest BCUT2D eigenvalue weighted by Crippen LogP contribution is -2.10. The van der Waals surface area contributed by atoms with Crippen LogP contribution in [0.4, 0.5) is 0 Å². The van der Waals surface area contributed by atoms with Crippen LogP contribution >= 0.6 is 0 Å². The number of nitrogens with zero attached hydrogens (tertiary/aromatic N) is 2. The Morgan fingerprint density at radius 3 is 2.00 bits per heavy atom. The Labute approximate surface area is 116 Å². The second-order valence-electron chi connectivity index (χ2n) is 5.82. The van der Waals surface area contributed by atoms with E-state index in [-0.39, 0.29) is 0 Å². The van der Waals surface area contributed by atoms with E-state index in [0.29, 0.717) is 17.8 Å². The van der Waals surface area contributed by atoms with Crippen molar-refractivity contribution in [3.05, 3.63) is 28.9 Å². The lowest BCUT2D eigenvalue weighted by Gasteiger charge is -2.14. The van der Waals surface area contributed by atoms with E-state index in [1.807, 2.05) is 6.08 Å². The van der Waals surface area contributed by atoms with Gasteiger partial charge in [-0.1, -0.05) is 47.6 Å². The van der Waals surface area contributed by atoms with Crippen molar-refractivity contribution >= 4 is 12.3 Å². The summed E-state index contributed by atoms with van der Waals surface area (Å²) in [7, 11) is 0. The van der Waals surface area contributed by atoms with E-state index in [2.05, 4.69) is 57.6 Å². The Balaban J connectivity index is 3.44. The first-order chi connectivity index (χ1) is 8.86. The molecule has 0 fully saturated rings. The van der Waals surface area contributed by atoms with Gasteiger partial charge < -0.3 is 5.41 Å². The van der Waals surface area contributed by atoms with Crippen molar-refractivity contribution in [1.29, 1.82) is 5.41 Å². The first-order valence-corrected chi connectivity index (χ1v) is 6.97. The molecular weight excluding hydrogens is 234 g/mol. The SMILES string of the molecule is CC(C)/C=C\c1nc(C(C)C)nc(C(C)C)c1C=N. The van der Waals surface area contributed by atoms with E-state index in [1.54, 1.807) is 0 Å². The van der Waals surface area contributed by atoms with Crippen molar-refractivity contribution in [2.75, 3.05) is 0 Å². The van der Waals surface area contributed by atoms with Gasteiger partial charge in [0.1, 0.15) is 5.82 Å². The molecule has 1 heterocycles. The van der Waals surface area contributed by atoms with Crippen molar-refractivity contribution in [2.24, 2.45) is 5.92 Å². The van der Waals surface area contributed by atoms with Gasteiger partial charge in [0.15, 0.2) is 0 Å². The summed E-state index contributed by atoms with van der Waals surface area (Å²) >= 11 is 0. The van der Waals surface area contributed by atoms with Crippen molar-refractivity contribution in [3.8, 4) is 0 Å². The van der Waals surface area contributed by atoms with Crippen molar-refractivity contribution in [1.82, 2.24) is 9.97 Å². The summed E-state index contributed by atoms with van der Waals surface area (Å²) in [5.41, 5.74) is 2.68. The molecule has 1 N–H and O–H groups in total. The zero-order valence-electron chi connectivity index (χ0n) is 12.9. The highest BCUT2D eigenvalue weighted by molar-refractivity contribution is 5.84. The number of nitrogens with one attached hydrogen (secondary N) is 1. The largest absolute Gasteiger partial charge is 0.308 e. The summed E-state index contributed by atoms with van der Waals surface area (Å²) in [6.45, 7) is 12.7. The minimum Gasteiger partial charge on any atom is -0.308 e. The quantitative estimate of drug-likeness (QED) is 0.797. The molecule has 3 heteroatoms. The summed E-state index contributed by atoms with van der Waals surface area (Å²) in [6, 6.07) is 0. The molecule has 0 spiro atoms. The van der Waals surface area contributed by atoms with Crippen LogP contribution in [0.25, 0.3) is 6.08 Å². The van der Waals surface area contributed by atoms with Crippen LogP contribution in [0.1, 0.15) is 76.2 Å². The topological polar surface area (TPSA) is 49.6 Å². The van der Waals surface area contributed by atoms with E-state index in [0.717, 1.165) is 22.8 Å². The maximum absolute atomic E-state index is 7.64. The second-order valence-corrected chi connectivity index (χ2v) is 5.82. The van der Waals surface area contributed by atoms with Crippen molar-refractivity contribution in [2.45, 2.75) is 53.4 Å². The van der Waals surface area contributed by atoms with Gasteiger partial charge in [0, 0.05) is 17.7 Å². The van der Waals surface area contributed by atoms with E-state index in [1.165, 1.54) is 6.21 Å². The summed E-state index contributed by atoms with van der Waals surface area (Å²) in [4.78, 5) is 9.24. The summed E-state index contributed by atoms with van der Waals surface area (Å²) in [6.07, 6.45) is 5.51. The fourth-order valence-corrected chi connectivity index (χ4v) is 1.78. The molecule has 0 aromatic carbocycles. The molecule has 0 amide bonds. The standard InChI is InChI=1S/C16H25N3/c1-10(2)7-8-14-13(9-17)15(11(3)4)19-16(18-14)12(5)6/h7-12,17H,1-6H3/b8-7-,17-9?. The maximum Gasteiger partial charge on any atom is 0.131 e. The number of aromatic nitrogens is 2. The van der Waals surface area contributed by atoms with Gasteiger partial charge in [-0.2, -0.15) is 0 Å². The lowest BCUT2D eigenvalue weighted by atomic mass is 10.0. The van der Waals surface area contributed by atoms with Crippen molar-refractivity contribution in [3.63, 3.8) is 0 Å². The predicted molar refractivity (Wildman–Crippen MR) is 82.0 cm³/mol. The minimum atomic E-state index is 0.295. The first kappa shape index (κ1) is 15.5. The number of hydrogen-bond donors (Lipinski definition) is 1. The van der Waals surface area contributed by atoms with Crippen LogP contribution < -0.4 is 0 Å². The van der Waals surface area contributed by atoms with Crippen LogP contribution in [0.3, 0.4) is 0 Å². The van der Waals surface area contributed by atoms with Crippen molar-refractivity contribution < 1.29 is 0 Å². The third-order valence-corrected chi connectivity index (χ3v) is 2.87. The van der Waals surface area contributed by atoms with Crippen LogP contribution in [-0.4, -0.2) is 16.2 Å². The molecule has 0 unspecified atom stereocenters. The van der Waals surface area contributed by atoms with Gasteiger partial charge in [0.25, 0.3) is 0 Å². The van der Waals surface area contributed by atoms with Gasteiger partial charge in [0.2, 0.25) is 0 Å². The number of rotatable bonds is 5. The molecule has 0 aliphatic carbocycles. The van der Waals surface area contributed by atoms with E-state index in [9.17, 15) is 0 Å². The summed E-state index contributed by atoms with van der Waals surface area (Å²) in [5.74, 6) is 1.92. The first-order valence-electron chi connectivity index (χ1n) is 6.97. The molecule has 1 aromatic heterocycles. The van der Waals surface area contributed by atoms with Gasteiger partial charge in [-0.25, -0.2) is 9.97 Å². The Morgan fingerprint density at radius 2 is 1.58 bits per heavy atom. The van der Waals surface area contributed by atoms with Gasteiger partial charge >= 0.3 is 0 Å². The van der Waals surface area contributed by atoms with Crippen LogP contribution in [0.5, 0.6) is 0 Å². The molecule has 0 saturated carbocycles. The van der Waals surface area contributed by atoms with E-state index >= 15 is 0 Å². The Kier molecular flexibility index (Phi) is 5.40. The monoisotopic (exact) mass is 259 g/mol. The van der Waals surface area contributed by atoms with E-state index in [4.69, 9.17) is 5.41 Å². The molecule has 104 valence electrons. The van der Waals surface area contributed by atoms with Crippen LogP contribution in [0.15, 0.2) is 6.08 Å². The average Bonchev–Trinajstić information content (AvgIpc) is 2.34. The number of allylic oxidation sites excluding steroid dienone is 1. The summed E-state index contributed by atoms with van der Waals surface area (Å²) < 4.78 is 0.